The number of benzene rings is 2. The summed E-state index contributed by atoms with van der Waals surface area (Å²) in [6.45, 7) is 0. The molecule has 0 saturated heterocycles. The molecule has 0 saturated carbocycles. The maximum atomic E-state index is 12.4. The second kappa shape index (κ2) is 8.73. The van der Waals surface area contributed by atoms with Gasteiger partial charge in [-0.05, 0) is 35.9 Å². The predicted octanol–water partition coefficient (Wildman–Crippen LogP) is 3.62. The molecular weight excluding hydrogens is 399 g/mol. The Labute approximate surface area is 162 Å². The third-order valence-electron chi connectivity index (χ3n) is 3.45. The first-order valence-electron chi connectivity index (χ1n) is 7.54. The molecule has 0 heterocycles. The Morgan fingerprint density at radius 1 is 1.15 bits per heavy atom. The van der Waals surface area contributed by atoms with Crippen molar-refractivity contribution < 1.29 is 17.9 Å². The molecule has 0 aromatic heterocycles. The second-order valence-electron chi connectivity index (χ2n) is 5.60. The number of anilines is 1. The Hall–Kier alpha value is -1.80. The Morgan fingerprint density at radius 3 is 2.35 bits per heavy atom. The molecular formula is C17H18Cl2N2O4S. The first-order valence-corrected chi connectivity index (χ1v) is 10.2. The van der Waals surface area contributed by atoms with Crippen molar-refractivity contribution in [2.45, 2.75) is 12.5 Å². The zero-order valence-corrected chi connectivity index (χ0v) is 16.5. The molecule has 0 unspecified atom stereocenters. The van der Waals surface area contributed by atoms with Crippen molar-refractivity contribution in [2.75, 3.05) is 18.7 Å². The highest BCUT2D eigenvalue weighted by molar-refractivity contribution is 7.88. The minimum Gasteiger partial charge on any atom is -0.495 e. The maximum absolute atomic E-state index is 12.4. The smallest absolute Gasteiger partial charge is 0.226 e. The van der Waals surface area contributed by atoms with Crippen molar-refractivity contribution in [1.82, 2.24) is 4.72 Å². The summed E-state index contributed by atoms with van der Waals surface area (Å²) in [6.07, 6.45) is 0.940. The number of sulfonamides is 1. The quantitative estimate of drug-likeness (QED) is 0.721. The van der Waals surface area contributed by atoms with E-state index in [0.29, 0.717) is 27.0 Å². The fourth-order valence-electron chi connectivity index (χ4n) is 2.32. The molecule has 1 atom stereocenters. The van der Waals surface area contributed by atoms with Gasteiger partial charge in [-0.25, -0.2) is 13.1 Å². The molecule has 2 aromatic rings. The van der Waals surface area contributed by atoms with Crippen LogP contribution in [0.1, 0.15) is 18.0 Å². The highest BCUT2D eigenvalue weighted by atomic mass is 35.5. The average molecular weight is 417 g/mol. The summed E-state index contributed by atoms with van der Waals surface area (Å²) in [4.78, 5) is 12.4. The zero-order chi connectivity index (χ0) is 19.3. The van der Waals surface area contributed by atoms with Gasteiger partial charge in [0.15, 0.2) is 0 Å². The molecule has 0 aliphatic heterocycles. The summed E-state index contributed by atoms with van der Waals surface area (Å²) in [5.41, 5.74) is 1.11. The van der Waals surface area contributed by atoms with Crippen LogP contribution in [0.25, 0.3) is 0 Å². The third-order valence-corrected chi connectivity index (χ3v) is 4.71. The first-order chi connectivity index (χ1) is 12.2. The van der Waals surface area contributed by atoms with Crippen molar-refractivity contribution in [2.24, 2.45) is 0 Å². The number of halogens is 2. The van der Waals surface area contributed by atoms with Gasteiger partial charge in [0.1, 0.15) is 5.75 Å². The lowest BCUT2D eigenvalue weighted by Gasteiger charge is -2.18. The number of ether oxygens (including phenoxy) is 1. The van der Waals surface area contributed by atoms with Crippen LogP contribution in [0.3, 0.4) is 0 Å². The van der Waals surface area contributed by atoms with E-state index < -0.39 is 16.1 Å². The van der Waals surface area contributed by atoms with Gasteiger partial charge in [-0.2, -0.15) is 0 Å². The van der Waals surface area contributed by atoms with Crippen LogP contribution in [-0.4, -0.2) is 27.7 Å². The molecule has 2 rings (SSSR count). The van der Waals surface area contributed by atoms with Gasteiger partial charge < -0.3 is 10.1 Å². The molecule has 2 aromatic carbocycles. The summed E-state index contributed by atoms with van der Waals surface area (Å²) in [5, 5.41) is 3.56. The first kappa shape index (κ1) is 20.5. The van der Waals surface area contributed by atoms with E-state index in [4.69, 9.17) is 27.9 Å². The number of rotatable bonds is 7. The third kappa shape index (κ3) is 6.17. The highest BCUT2D eigenvalue weighted by Crippen LogP contribution is 2.28. The molecule has 0 bridgehead atoms. The fraction of sp³-hybridized carbons (Fsp3) is 0.235. The van der Waals surface area contributed by atoms with Crippen molar-refractivity contribution >= 4 is 44.8 Å². The molecule has 0 spiro atoms. The van der Waals surface area contributed by atoms with Gasteiger partial charge in [-0.15, -0.1) is 0 Å². The minimum atomic E-state index is -3.52. The van der Waals surface area contributed by atoms with Gasteiger partial charge in [-0.3, -0.25) is 4.79 Å². The van der Waals surface area contributed by atoms with E-state index in [9.17, 15) is 13.2 Å². The van der Waals surface area contributed by atoms with Crippen molar-refractivity contribution in [3.05, 3.63) is 58.1 Å². The molecule has 0 radical (unpaired) electrons. The van der Waals surface area contributed by atoms with E-state index in [1.54, 1.807) is 42.5 Å². The molecule has 0 aliphatic carbocycles. The van der Waals surface area contributed by atoms with Gasteiger partial charge >= 0.3 is 0 Å². The van der Waals surface area contributed by atoms with Crippen LogP contribution < -0.4 is 14.8 Å². The van der Waals surface area contributed by atoms with Gasteiger partial charge in [-0.1, -0.05) is 35.3 Å². The van der Waals surface area contributed by atoms with Gasteiger partial charge in [0.2, 0.25) is 15.9 Å². The van der Waals surface area contributed by atoms with Crippen molar-refractivity contribution in [3.63, 3.8) is 0 Å². The van der Waals surface area contributed by atoms with Crippen LogP contribution in [-0.2, 0) is 14.8 Å². The number of hydrogen-bond acceptors (Lipinski definition) is 4. The number of hydrogen-bond donors (Lipinski definition) is 2. The Kier molecular flexibility index (Phi) is 6.88. The van der Waals surface area contributed by atoms with E-state index >= 15 is 0 Å². The van der Waals surface area contributed by atoms with Crippen LogP contribution in [0.4, 0.5) is 5.69 Å². The minimum absolute atomic E-state index is 0.0989. The number of methoxy groups -OCH3 is 1. The fourth-order valence-corrected chi connectivity index (χ4v) is 3.44. The number of carbonyl (C=O) groups is 1. The normalized spacial score (nSPS) is 12.5. The highest BCUT2D eigenvalue weighted by Gasteiger charge is 2.20. The van der Waals surface area contributed by atoms with Crippen molar-refractivity contribution in [1.29, 1.82) is 0 Å². The molecule has 1 amide bonds. The monoisotopic (exact) mass is 416 g/mol. The van der Waals surface area contributed by atoms with Crippen LogP contribution in [0, 0.1) is 0 Å². The molecule has 0 fully saturated rings. The van der Waals surface area contributed by atoms with Crippen molar-refractivity contribution in [3.8, 4) is 5.75 Å². The summed E-state index contributed by atoms with van der Waals surface area (Å²) in [5.74, 6) is 0.116. The summed E-state index contributed by atoms with van der Waals surface area (Å²) in [6, 6.07) is 10.7. The van der Waals surface area contributed by atoms with Gasteiger partial charge in [0.25, 0.3) is 0 Å². The van der Waals surface area contributed by atoms with E-state index in [1.807, 2.05) is 0 Å². The Balaban J connectivity index is 2.15. The van der Waals surface area contributed by atoms with Crippen LogP contribution in [0.15, 0.2) is 42.5 Å². The van der Waals surface area contributed by atoms with E-state index in [-0.39, 0.29) is 12.3 Å². The average Bonchev–Trinajstić information content (AvgIpc) is 2.54. The van der Waals surface area contributed by atoms with Crippen LogP contribution in [0.2, 0.25) is 10.0 Å². The molecule has 2 N–H and O–H groups in total. The zero-order valence-electron chi connectivity index (χ0n) is 14.1. The number of nitrogens with one attached hydrogen (secondary N) is 2. The SMILES string of the molecule is COc1ccc(NC(=O)C[C@H](NS(C)(=O)=O)c2ccc(Cl)cc2)cc1Cl. The van der Waals surface area contributed by atoms with E-state index in [1.165, 1.54) is 7.11 Å². The number of amides is 1. The molecule has 26 heavy (non-hydrogen) atoms. The lowest BCUT2D eigenvalue weighted by molar-refractivity contribution is -0.116. The molecule has 9 heteroatoms. The second-order valence-corrected chi connectivity index (χ2v) is 8.22. The van der Waals surface area contributed by atoms with Gasteiger partial charge in [0.05, 0.1) is 24.4 Å². The number of carbonyl (C=O) groups excluding carboxylic acids is 1. The largest absolute Gasteiger partial charge is 0.495 e. The summed E-state index contributed by atoms with van der Waals surface area (Å²) < 4.78 is 30.8. The summed E-state index contributed by atoms with van der Waals surface area (Å²) in [7, 11) is -2.02. The topological polar surface area (TPSA) is 84.5 Å². The lowest BCUT2D eigenvalue weighted by atomic mass is 10.0. The standard InChI is InChI=1S/C17H18Cl2N2O4S/c1-25-16-8-7-13(9-14(16)19)20-17(22)10-15(21-26(2,23)24)11-3-5-12(18)6-4-11/h3-9,15,21H,10H2,1-2H3,(H,20,22)/t15-/m0/s1. The predicted molar refractivity (Wildman–Crippen MR) is 103 cm³/mol. The van der Waals surface area contributed by atoms with E-state index in [0.717, 1.165) is 6.26 Å². The molecule has 140 valence electrons. The Bertz CT molecular complexity index is 886. The lowest BCUT2D eigenvalue weighted by Crippen LogP contribution is -2.30. The van der Waals surface area contributed by atoms with Crippen LogP contribution in [0.5, 0.6) is 5.75 Å². The molecule has 0 aliphatic rings. The molecule has 6 nitrogen and oxygen atoms in total. The Morgan fingerprint density at radius 2 is 1.81 bits per heavy atom. The van der Waals surface area contributed by atoms with E-state index in [2.05, 4.69) is 10.0 Å². The van der Waals surface area contributed by atoms with Crippen LogP contribution >= 0.6 is 23.2 Å². The van der Waals surface area contributed by atoms with Gasteiger partial charge in [0, 0.05) is 17.1 Å². The summed E-state index contributed by atoms with van der Waals surface area (Å²) >= 11 is 11.9. The maximum Gasteiger partial charge on any atom is 0.226 e.